The van der Waals surface area contributed by atoms with E-state index in [1.807, 2.05) is 42.5 Å². The minimum absolute atomic E-state index is 0.566. The molecular formula is C19H18BrNO2. The summed E-state index contributed by atoms with van der Waals surface area (Å²) >= 11 is 3.42. The summed E-state index contributed by atoms with van der Waals surface area (Å²) in [7, 11) is 0. The van der Waals surface area contributed by atoms with E-state index in [0.717, 1.165) is 28.4 Å². The monoisotopic (exact) mass is 371 g/mol. The van der Waals surface area contributed by atoms with E-state index in [1.54, 1.807) is 6.20 Å². The van der Waals surface area contributed by atoms with Gasteiger partial charge in [-0.25, -0.2) is 0 Å². The lowest BCUT2D eigenvalue weighted by atomic mass is 9.99. The lowest BCUT2D eigenvalue weighted by Crippen LogP contribution is -1.99. The first kappa shape index (κ1) is 16.0. The van der Waals surface area contributed by atoms with Crippen molar-refractivity contribution >= 4 is 15.9 Å². The number of aliphatic hydroxyl groups excluding tert-OH is 1. The van der Waals surface area contributed by atoms with Crippen LogP contribution < -0.4 is 0 Å². The molecule has 0 aliphatic rings. The third-order valence-electron chi connectivity index (χ3n) is 3.85. The number of aryl methyl sites for hydroxylation is 1. The molecule has 1 aromatic heterocycles. The van der Waals surface area contributed by atoms with E-state index in [1.165, 1.54) is 5.56 Å². The van der Waals surface area contributed by atoms with Gasteiger partial charge in [-0.3, -0.25) is 0 Å². The van der Waals surface area contributed by atoms with Crippen molar-refractivity contribution in [2.24, 2.45) is 0 Å². The van der Waals surface area contributed by atoms with Gasteiger partial charge >= 0.3 is 0 Å². The van der Waals surface area contributed by atoms with Gasteiger partial charge in [-0.15, -0.1) is 0 Å². The van der Waals surface area contributed by atoms with Crippen LogP contribution in [0, 0.1) is 0 Å². The Balaban J connectivity index is 1.65. The number of rotatable bonds is 6. The van der Waals surface area contributed by atoms with Crippen molar-refractivity contribution in [3.63, 3.8) is 0 Å². The van der Waals surface area contributed by atoms with Crippen LogP contribution in [0.2, 0.25) is 0 Å². The molecule has 118 valence electrons. The van der Waals surface area contributed by atoms with Crippen molar-refractivity contribution in [3.05, 3.63) is 76.4 Å². The fourth-order valence-corrected chi connectivity index (χ4v) is 2.87. The van der Waals surface area contributed by atoms with Gasteiger partial charge in [0.2, 0.25) is 0 Å². The quantitative estimate of drug-likeness (QED) is 0.650. The third-order valence-corrected chi connectivity index (χ3v) is 4.38. The maximum atomic E-state index is 10.5. The van der Waals surface area contributed by atoms with Crippen molar-refractivity contribution in [1.82, 2.24) is 5.16 Å². The lowest BCUT2D eigenvalue weighted by molar-refractivity contribution is 0.164. The molecule has 0 amide bonds. The van der Waals surface area contributed by atoms with Gasteiger partial charge in [0.05, 0.1) is 12.3 Å². The molecule has 0 bridgehead atoms. The molecule has 1 unspecified atom stereocenters. The number of hydrogen-bond acceptors (Lipinski definition) is 3. The van der Waals surface area contributed by atoms with Gasteiger partial charge in [0, 0.05) is 15.6 Å². The maximum Gasteiger partial charge on any atom is 0.172 e. The van der Waals surface area contributed by atoms with E-state index < -0.39 is 6.10 Å². The van der Waals surface area contributed by atoms with Crippen LogP contribution in [0.4, 0.5) is 0 Å². The lowest BCUT2D eigenvalue weighted by Gasteiger charge is -2.10. The number of aliphatic hydroxyl groups is 1. The predicted molar refractivity (Wildman–Crippen MR) is 94.0 cm³/mol. The van der Waals surface area contributed by atoms with Crippen molar-refractivity contribution < 1.29 is 9.63 Å². The minimum Gasteiger partial charge on any atom is -0.388 e. The van der Waals surface area contributed by atoms with E-state index >= 15 is 0 Å². The largest absolute Gasteiger partial charge is 0.388 e. The zero-order chi connectivity index (χ0) is 16.1. The second-order valence-electron chi connectivity index (χ2n) is 5.51. The second kappa shape index (κ2) is 7.57. The first-order chi connectivity index (χ1) is 11.2. The van der Waals surface area contributed by atoms with Crippen molar-refractivity contribution in [2.45, 2.75) is 25.4 Å². The standard InChI is InChI=1S/C19H18BrNO2/c20-16-11-9-15(10-12-16)19-17(13-21-23-19)18(22)8-4-7-14-5-2-1-3-6-14/h1-3,5-6,9-13,18,22H,4,7-8H2. The Morgan fingerprint density at radius 1 is 1.04 bits per heavy atom. The summed E-state index contributed by atoms with van der Waals surface area (Å²) in [5.74, 6) is 0.643. The van der Waals surface area contributed by atoms with Gasteiger partial charge < -0.3 is 9.63 Å². The summed E-state index contributed by atoms with van der Waals surface area (Å²) in [6, 6.07) is 18.1. The second-order valence-corrected chi connectivity index (χ2v) is 6.43. The van der Waals surface area contributed by atoms with Gasteiger partial charge in [-0.2, -0.15) is 0 Å². The first-order valence-corrected chi connectivity index (χ1v) is 8.46. The topological polar surface area (TPSA) is 46.3 Å². The van der Waals surface area contributed by atoms with Gasteiger partial charge in [-0.05, 0) is 37.0 Å². The third kappa shape index (κ3) is 4.09. The molecule has 2 aromatic carbocycles. The van der Waals surface area contributed by atoms with Crippen LogP contribution in [0.1, 0.15) is 30.1 Å². The highest BCUT2D eigenvalue weighted by atomic mass is 79.9. The highest BCUT2D eigenvalue weighted by molar-refractivity contribution is 9.10. The fourth-order valence-electron chi connectivity index (χ4n) is 2.60. The number of aromatic nitrogens is 1. The molecule has 3 rings (SSSR count). The van der Waals surface area contributed by atoms with Crippen LogP contribution in [-0.4, -0.2) is 10.3 Å². The first-order valence-electron chi connectivity index (χ1n) is 7.66. The van der Waals surface area contributed by atoms with Crippen LogP contribution in [-0.2, 0) is 6.42 Å². The van der Waals surface area contributed by atoms with Crippen LogP contribution in [0.15, 0.2) is 69.8 Å². The fraction of sp³-hybridized carbons (Fsp3) is 0.211. The normalized spacial score (nSPS) is 12.3. The summed E-state index contributed by atoms with van der Waals surface area (Å²) < 4.78 is 6.36. The Hall–Kier alpha value is -1.91. The molecule has 1 heterocycles. The number of nitrogens with zero attached hydrogens (tertiary/aromatic N) is 1. The number of halogens is 1. The molecule has 0 fully saturated rings. The van der Waals surface area contributed by atoms with Gasteiger partial charge in [0.25, 0.3) is 0 Å². The van der Waals surface area contributed by atoms with Crippen LogP contribution in [0.3, 0.4) is 0 Å². The van der Waals surface area contributed by atoms with Crippen LogP contribution in [0.5, 0.6) is 0 Å². The molecule has 0 saturated carbocycles. The molecule has 0 saturated heterocycles. The summed E-state index contributed by atoms with van der Waals surface area (Å²) in [4.78, 5) is 0. The van der Waals surface area contributed by atoms with Crippen LogP contribution in [0.25, 0.3) is 11.3 Å². The average molecular weight is 372 g/mol. The van der Waals surface area contributed by atoms with Crippen molar-refractivity contribution in [2.75, 3.05) is 0 Å². The molecule has 1 N–H and O–H groups in total. The highest BCUT2D eigenvalue weighted by Crippen LogP contribution is 2.31. The SMILES string of the molecule is OC(CCCc1ccccc1)c1cnoc1-c1ccc(Br)cc1. The maximum absolute atomic E-state index is 10.5. The molecule has 23 heavy (non-hydrogen) atoms. The molecular weight excluding hydrogens is 354 g/mol. The molecule has 3 aromatic rings. The summed E-state index contributed by atoms with van der Waals surface area (Å²) in [6.45, 7) is 0. The van der Waals surface area contributed by atoms with E-state index in [4.69, 9.17) is 4.52 Å². The van der Waals surface area contributed by atoms with Gasteiger partial charge in [0.1, 0.15) is 0 Å². The molecule has 3 nitrogen and oxygen atoms in total. The highest BCUT2D eigenvalue weighted by Gasteiger charge is 2.18. The Labute approximate surface area is 144 Å². The Morgan fingerprint density at radius 3 is 2.52 bits per heavy atom. The van der Waals surface area contributed by atoms with Gasteiger partial charge in [-0.1, -0.05) is 63.6 Å². The molecule has 0 aliphatic heterocycles. The zero-order valence-electron chi connectivity index (χ0n) is 12.7. The number of benzene rings is 2. The molecule has 0 radical (unpaired) electrons. The minimum atomic E-state index is -0.566. The van der Waals surface area contributed by atoms with Crippen molar-refractivity contribution in [3.8, 4) is 11.3 Å². The Kier molecular flexibility index (Phi) is 5.26. The van der Waals surface area contributed by atoms with E-state index in [2.05, 4.69) is 33.2 Å². The summed E-state index contributed by atoms with van der Waals surface area (Å²) in [5.41, 5.74) is 2.96. The van der Waals surface area contributed by atoms with E-state index in [0.29, 0.717) is 12.2 Å². The van der Waals surface area contributed by atoms with Crippen LogP contribution >= 0.6 is 15.9 Å². The number of hydrogen-bond donors (Lipinski definition) is 1. The molecule has 0 spiro atoms. The van der Waals surface area contributed by atoms with Gasteiger partial charge in [0.15, 0.2) is 5.76 Å². The zero-order valence-corrected chi connectivity index (χ0v) is 14.2. The molecule has 0 aliphatic carbocycles. The molecule has 1 atom stereocenters. The smallest absolute Gasteiger partial charge is 0.172 e. The molecule has 4 heteroatoms. The summed E-state index contributed by atoms with van der Waals surface area (Å²) in [5, 5.41) is 14.3. The van der Waals surface area contributed by atoms with Crippen molar-refractivity contribution in [1.29, 1.82) is 0 Å². The summed E-state index contributed by atoms with van der Waals surface area (Å²) in [6.07, 6.45) is 3.60. The van der Waals surface area contributed by atoms with E-state index in [9.17, 15) is 5.11 Å². The van der Waals surface area contributed by atoms with E-state index in [-0.39, 0.29) is 0 Å². The Morgan fingerprint density at radius 2 is 1.78 bits per heavy atom. The predicted octanol–water partition coefficient (Wildman–Crippen LogP) is 5.16. The average Bonchev–Trinajstić information content (AvgIpc) is 3.06. The Bertz CT molecular complexity index is 738.